The molecule has 0 aromatic rings. The minimum absolute atomic E-state index is 1.07. The fourth-order valence-corrected chi connectivity index (χ4v) is 0.312. The predicted molar refractivity (Wildman–Crippen MR) is 26.6 cm³/mol. The molecule has 0 saturated heterocycles. The SMILES string of the molecule is C[CH]OC(F)(Cl)Cl. The van der Waals surface area contributed by atoms with Crippen LogP contribution in [0.25, 0.3) is 0 Å². The van der Waals surface area contributed by atoms with Gasteiger partial charge in [0.25, 0.3) is 0 Å². The van der Waals surface area contributed by atoms with Crippen molar-refractivity contribution in [1.82, 2.24) is 0 Å². The smallest absolute Gasteiger partial charge is 0.315 e. The Hall–Kier alpha value is 0.470. The summed E-state index contributed by atoms with van der Waals surface area (Å²) in [6.45, 7) is 2.54. The van der Waals surface area contributed by atoms with Gasteiger partial charge in [-0.25, -0.2) is 0 Å². The maximum Gasteiger partial charge on any atom is 0.368 e. The second kappa shape index (κ2) is 2.70. The van der Waals surface area contributed by atoms with Gasteiger partial charge in [-0.1, -0.05) is 0 Å². The van der Waals surface area contributed by atoms with E-state index in [0.717, 1.165) is 6.61 Å². The summed E-state index contributed by atoms with van der Waals surface area (Å²) < 4.78 is 13.1. The van der Waals surface area contributed by atoms with E-state index in [-0.39, 0.29) is 0 Å². The second-order valence-corrected chi connectivity index (χ2v) is 1.97. The minimum atomic E-state index is -2.56. The number of halogens is 3. The fraction of sp³-hybridized carbons (Fsp3) is 0.667. The molecule has 43 valence electrons. The molecule has 7 heavy (non-hydrogen) atoms. The Balaban J connectivity index is 3.15. The number of alkyl halides is 3. The summed E-state index contributed by atoms with van der Waals surface area (Å²) in [4.78, 5) is 0. The Labute approximate surface area is 51.4 Å². The predicted octanol–water partition coefficient (Wildman–Crippen LogP) is 2.24. The van der Waals surface area contributed by atoms with Crippen molar-refractivity contribution in [2.75, 3.05) is 0 Å². The highest BCUT2D eigenvalue weighted by Crippen LogP contribution is 2.23. The molecule has 0 N–H and O–H groups in total. The van der Waals surface area contributed by atoms with Crippen LogP contribution in [-0.2, 0) is 4.74 Å². The van der Waals surface area contributed by atoms with E-state index in [1.165, 1.54) is 6.92 Å². The quantitative estimate of drug-likeness (QED) is 0.542. The normalized spacial score (nSPS) is 12.0. The van der Waals surface area contributed by atoms with E-state index in [2.05, 4.69) is 27.9 Å². The molecule has 4 heteroatoms. The van der Waals surface area contributed by atoms with Gasteiger partial charge in [-0.05, 0) is 30.1 Å². The Morgan fingerprint density at radius 3 is 2.14 bits per heavy atom. The molecule has 0 unspecified atom stereocenters. The van der Waals surface area contributed by atoms with Crippen LogP contribution in [0.5, 0.6) is 0 Å². The van der Waals surface area contributed by atoms with Crippen molar-refractivity contribution in [2.45, 2.75) is 11.7 Å². The van der Waals surface area contributed by atoms with Gasteiger partial charge < -0.3 is 4.74 Å². The van der Waals surface area contributed by atoms with Crippen LogP contribution in [0.4, 0.5) is 4.39 Å². The van der Waals surface area contributed by atoms with E-state index >= 15 is 0 Å². The molecule has 0 amide bonds. The third kappa shape index (κ3) is 6.47. The summed E-state index contributed by atoms with van der Waals surface area (Å²) >= 11 is 9.36. The zero-order chi connectivity index (χ0) is 5.91. The first-order valence-electron chi connectivity index (χ1n) is 1.58. The summed E-state index contributed by atoms with van der Waals surface area (Å²) in [7, 11) is 0. The van der Waals surface area contributed by atoms with Crippen LogP contribution in [0.2, 0.25) is 0 Å². The molecule has 1 radical (unpaired) electrons. The molecule has 0 bridgehead atoms. The first-order valence-corrected chi connectivity index (χ1v) is 2.34. The molecule has 0 rings (SSSR count). The first-order chi connectivity index (χ1) is 3.06. The zero-order valence-corrected chi connectivity index (χ0v) is 5.13. The molecule has 0 aliphatic rings. The molecule has 0 spiro atoms. The lowest BCUT2D eigenvalue weighted by Gasteiger charge is -2.05. The van der Waals surface area contributed by atoms with E-state index in [9.17, 15) is 4.39 Å². The third-order valence-electron chi connectivity index (χ3n) is 0.251. The molecule has 0 heterocycles. The van der Waals surface area contributed by atoms with Gasteiger partial charge >= 0.3 is 4.77 Å². The van der Waals surface area contributed by atoms with Gasteiger partial charge in [-0.2, -0.15) is 4.39 Å². The largest absolute Gasteiger partial charge is 0.368 e. The molecule has 0 aliphatic carbocycles. The van der Waals surface area contributed by atoms with E-state index < -0.39 is 4.77 Å². The Morgan fingerprint density at radius 2 is 2.14 bits per heavy atom. The highest BCUT2D eigenvalue weighted by molar-refractivity contribution is 6.45. The molecular weight excluding hydrogens is 142 g/mol. The van der Waals surface area contributed by atoms with Crippen LogP contribution in [0.3, 0.4) is 0 Å². The molecular formula is C3H4Cl2FO. The van der Waals surface area contributed by atoms with Gasteiger partial charge in [0, 0.05) is 0 Å². The summed E-state index contributed by atoms with van der Waals surface area (Å²) in [5.41, 5.74) is 0. The van der Waals surface area contributed by atoms with E-state index in [1.807, 2.05) is 0 Å². The average Bonchev–Trinajstić information content (AvgIpc) is 1.30. The van der Waals surface area contributed by atoms with E-state index in [4.69, 9.17) is 0 Å². The zero-order valence-electron chi connectivity index (χ0n) is 3.62. The van der Waals surface area contributed by atoms with Crippen molar-refractivity contribution in [2.24, 2.45) is 0 Å². The average molecular weight is 146 g/mol. The first kappa shape index (κ1) is 7.47. The Kier molecular flexibility index (Phi) is 2.88. The molecule has 1 nitrogen and oxygen atoms in total. The Morgan fingerprint density at radius 1 is 1.71 bits per heavy atom. The van der Waals surface area contributed by atoms with Crippen LogP contribution in [0.1, 0.15) is 6.92 Å². The van der Waals surface area contributed by atoms with Crippen molar-refractivity contribution < 1.29 is 9.13 Å². The summed E-state index contributed by atoms with van der Waals surface area (Å²) in [5, 5.41) is 0. The van der Waals surface area contributed by atoms with E-state index in [1.54, 1.807) is 0 Å². The van der Waals surface area contributed by atoms with Crippen LogP contribution >= 0.6 is 23.2 Å². The number of ether oxygens (including phenoxy) is 1. The highest BCUT2D eigenvalue weighted by Gasteiger charge is 2.21. The molecule has 0 aromatic heterocycles. The lowest BCUT2D eigenvalue weighted by Crippen LogP contribution is -2.05. The summed E-state index contributed by atoms with van der Waals surface area (Å²) in [5.74, 6) is 0. The van der Waals surface area contributed by atoms with Gasteiger partial charge in [-0.15, -0.1) is 0 Å². The van der Waals surface area contributed by atoms with Gasteiger partial charge in [0.15, 0.2) is 0 Å². The van der Waals surface area contributed by atoms with Crippen molar-refractivity contribution in [1.29, 1.82) is 0 Å². The second-order valence-electron chi connectivity index (χ2n) is 0.799. The van der Waals surface area contributed by atoms with Crippen LogP contribution < -0.4 is 0 Å². The van der Waals surface area contributed by atoms with Crippen LogP contribution in [-0.4, -0.2) is 4.77 Å². The lowest BCUT2D eigenvalue weighted by molar-refractivity contribution is 0.0309. The van der Waals surface area contributed by atoms with Gasteiger partial charge in [0.2, 0.25) is 0 Å². The lowest BCUT2D eigenvalue weighted by atomic mass is 10.9. The van der Waals surface area contributed by atoms with Crippen molar-refractivity contribution in [3.8, 4) is 0 Å². The van der Waals surface area contributed by atoms with Crippen molar-refractivity contribution in [3.05, 3.63) is 6.61 Å². The summed E-state index contributed by atoms with van der Waals surface area (Å²) in [6, 6.07) is 0. The summed E-state index contributed by atoms with van der Waals surface area (Å²) in [6.07, 6.45) is 0. The Bertz CT molecular complexity index is 51.4. The monoisotopic (exact) mass is 145 g/mol. The fourth-order valence-electron chi connectivity index (χ4n) is 0.134. The minimum Gasteiger partial charge on any atom is -0.315 e. The van der Waals surface area contributed by atoms with Crippen molar-refractivity contribution in [3.63, 3.8) is 0 Å². The topological polar surface area (TPSA) is 9.23 Å². The maximum absolute atomic E-state index is 11.7. The van der Waals surface area contributed by atoms with Crippen LogP contribution in [0, 0.1) is 6.61 Å². The number of hydrogen-bond acceptors (Lipinski definition) is 1. The van der Waals surface area contributed by atoms with Gasteiger partial charge in [0.1, 0.15) is 0 Å². The van der Waals surface area contributed by atoms with Gasteiger partial charge in [0.05, 0.1) is 6.61 Å². The standard InChI is InChI=1S/C3H4Cl2FO/c1-2-7-3(4,5)6/h2H,1H3. The van der Waals surface area contributed by atoms with Crippen LogP contribution in [0.15, 0.2) is 0 Å². The number of hydrogen-bond donors (Lipinski definition) is 0. The number of rotatable bonds is 2. The third-order valence-corrected chi connectivity index (χ3v) is 0.430. The highest BCUT2D eigenvalue weighted by atomic mass is 35.5. The molecule has 0 aliphatic heterocycles. The molecule has 0 aromatic carbocycles. The maximum atomic E-state index is 11.7. The van der Waals surface area contributed by atoms with Gasteiger partial charge in [-0.3, -0.25) is 0 Å². The molecule has 0 fully saturated rings. The molecule has 0 atom stereocenters. The molecule has 0 saturated carbocycles. The van der Waals surface area contributed by atoms with E-state index in [0.29, 0.717) is 0 Å². The van der Waals surface area contributed by atoms with Crippen molar-refractivity contribution >= 4 is 23.2 Å².